The number of quaternary nitrogens is 1. The van der Waals surface area contributed by atoms with Gasteiger partial charge in [0, 0.05) is 5.69 Å². The van der Waals surface area contributed by atoms with Crippen molar-refractivity contribution in [2.45, 2.75) is 25.9 Å². The number of rotatable bonds is 7. The van der Waals surface area contributed by atoms with E-state index in [1.165, 1.54) is 22.6 Å². The molecule has 5 heteroatoms. The molecule has 0 saturated carbocycles. The van der Waals surface area contributed by atoms with Crippen molar-refractivity contribution in [1.29, 1.82) is 0 Å². The zero-order valence-corrected chi connectivity index (χ0v) is 16.2. The van der Waals surface area contributed by atoms with E-state index in [0.29, 0.717) is 19.1 Å². The standard InChI is InChI=1S/C22H29FN2O2/c1-17(2)18-3-9-22(10-4-18)27-16-21(26)15-24-11-13-25(14-12-24)20-7-5-19(23)6-8-20/h3-10,17,21,26H,11-16H2,1-2H3/p+1/t21-/m1/s1. The van der Waals surface area contributed by atoms with Gasteiger partial charge in [-0.1, -0.05) is 26.0 Å². The molecule has 1 heterocycles. The quantitative estimate of drug-likeness (QED) is 0.781. The van der Waals surface area contributed by atoms with Gasteiger partial charge >= 0.3 is 0 Å². The monoisotopic (exact) mass is 373 g/mol. The van der Waals surface area contributed by atoms with Crippen LogP contribution >= 0.6 is 0 Å². The highest BCUT2D eigenvalue weighted by Crippen LogP contribution is 2.18. The number of nitrogens with one attached hydrogen (secondary N) is 1. The summed E-state index contributed by atoms with van der Waals surface area (Å²) in [6.07, 6.45) is -0.484. The Balaban J connectivity index is 1.40. The highest BCUT2D eigenvalue weighted by atomic mass is 19.1. The van der Waals surface area contributed by atoms with E-state index in [-0.39, 0.29) is 5.82 Å². The molecule has 1 aliphatic rings. The number of piperazine rings is 1. The minimum Gasteiger partial charge on any atom is -0.491 e. The molecule has 2 N–H and O–H groups in total. The Hall–Kier alpha value is -2.11. The third kappa shape index (κ3) is 5.68. The smallest absolute Gasteiger partial charge is 0.137 e. The van der Waals surface area contributed by atoms with Gasteiger partial charge in [0.05, 0.1) is 26.2 Å². The van der Waals surface area contributed by atoms with Gasteiger partial charge in [-0.25, -0.2) is 4.39 Å². The Morgan fingerprint density at radius 3 is 2.26 bits per heavy atom. The van der Waals surface area contributed by atoms with Crippen LogP contribution in [0.4, 0.5) is 10.1 Å². The number of halogens is 1. The molecule has 1 saturated heterocycles. The van der Waals surface area contributed by atoms with E-state index in [1.807, 2.05) is 24.3 Å². The van der Waals surface area contributed by atoms with E-state index in [2.05, 4.69) is 30.9 Å². The zero-order valence-electron chi connectivity index (χ0n) is 16.2. The number of benzene rings is 2. The number of aliphatic hydroxyl groups is 1. The minimum absolute atomic E-state index is 0.204. The number of ether oxygens (including phenoxy) is 1. The van der Waals surface area contributed by atoms with Crippen LogP contribution in [0, 0.1) is 5.82 Å². The van der Waals surface area contributed by atoms with Crippen molar-refractivity contribution < 1.29 is 19.1 Å². The second kappa shape index (κ2) is 9.20. The van der Waals surface area contributed by atoms with Crippen molar-refractivity contribution in [3.05, 3.63) is 59.9 Å². The molecule has 146 valence electrons. The lowest BCUT2D eigenvalue weighted by atomic mass is 10.0. The van der Waals surface area contributed by atoms with Crippen molar-refractivity contribution in [2.75, 3.05) is 44.2 Å². The van der Waals surface area contributed by atoms with Crippen molar-refractivity contribution in [3.63, 3.8) is 0 Å². The maximum absolute atomic E-state index is 13.0. The fourth-order valence-electron chi connectivity index (χ4n) is 3.47. The third-order valence-electron chi connectivity index (χ3n) is 5.18. The maximum atomic E-state index is 13.0. The van der Waals surface area contributed by atoms with Gasteiger partial charge in [-0.05, 0) is 47.9 Å². The summed E-state index contributed by atoms with van der Waals surface area (Å²) in [4.78, 5) is 3.64. The number of hydrogen-bond acceptors (Lipinski definition) is 3. The van der Waals surface area contributed by atoms with Gasteiger partial charge in [0.25, 0.3) is 0 Å². The molecule has 1 aliphatic heterocycles. The van der Waals surface area contributed by atoms with Crippen LogP contribution in [0.2, 0.25) is 0 Å². The molecule has 0 aliphatic carbocycles. The summed E-state index contributed by atoms with van der Waals surface area (Å²) in [7, 11) is 0. The van der Waals surface area contributed by atoms with Crippen LogP contribution in [0.3, 0.4) is 0 Å². The second-order valence-electron chi connectivity index (χ2n) is 7.61. The molecule has 27 heavy (non-hydrogen) atoms. The second-order valence-corrected chi connectivity index (χ2v) is 7.61. The summed E-state index contributed by atoms with van der Waals surface area (Å²) in [5.74, 6) is 1.10. The Morgan fingerprint density at radius 1 is 1.04 bits per heavy atom. The van der Waals surface area contributed by atoms with Gasteiger partial charge in [-0.2, -0.15) is 0 Å². The first kappa shape index (κ1) is 19.6. The molecule has 0 aromatic heterocycles. The Kier molecular flexibility index (Phi) is 6.69. The molecule has 3 rings (SSSR count). The normalized spacial score (nSPS) is 16.6. The fraction of sp³-hybridized carbons (Fsp3) is 0.455. The number of anilines is 1. The lowest BCUT2D eigenvalue weighted by Gasteiger charge is -2.34. The van der Waals surface area contributed by atoms with Crippen LogP contribution in [0.25, 0.3) is 0 Å². The lowest BCUT2D eigenvalue weighted by Crippen LogP contribution is -3.16. The van der Waals surface area contributed by atoms with Crippen molar-refractivity contribution in [2.24, 2.45) is 0 Å². The summed E-state index contributed by atoms with van der Waals surface area (Å²) in [6.45, 7) is 9.05. The lowest BCUT2D eigenvalue weighted by molar-refractivity contribution is -0.903. The van der Waals surface area contributed by atoms with Gasteiger partial charge in [0.1, 0.15) is 30.8 Å². The van der Waals surface area contributed by atoms with E-state index in [9.17, 15) is 9.50 Å². The topological polar surface area (TPSA) is 37.1 Å². The van der Waals surface area contributed by atoms with Gasteiger partial charge in [-0.3, -0.25) is 0 Å². The molecule has 1 atom stereocenters. The Morgan fingerprint density at radius 2 is 1.67 bits per heavy atom. The molecular weight excluding hydrogens is 343 g/mol. The molecule has 0 spiro atoms. The fourth-order valence-corrected chi connectivity index (χ4v) is 3.47. The van der Waals surface area contributed by atoms with E-state index >= 15 is 0 Å². The van der Waals surface area contributed by atoms with Crippen molar-refractivity contribution in [3.8, 4) is 5.75 Å². The predicted molar refractivity (Wildman–Crippen MR) is 106 cm³/mol. The largest absolute Gasteiger partial charge is 0.491 e. The first-order valence-electron chi connectivity index (χ1n) is 9.76. The van der Waals surface area contributed by atoms with Crippen molar-refractivity contribution in [1.82, 2.24) is 0 Å². The van der Waals surface area contributed by atoms with E-state index in [0.717, 1.165) is 37.6 Å². The van der Waals surface area contributed by atoms with E-state index in [1.54, 1.807) is 0 Å². The third-order valence-corrected chi connectivity index (χ3v) is 5.18. The molecule has 0 bridgehead atoms. The summed E-state index contributed by atoms with van der Waals surface area (Å²) < 4.78 is 18.8. The predicted octanol–water partition coefficient (Wildman–Crippen LogP) is 2.09. The Bertz CT molecular complexity index is 695. The molecule has 1 fully saturated rings. The molecule has 2 aromatic carbocycles. The van der Waals surface area contributed by atoms with E-state index < -0.39 is 6.10 Å². The van der Waals surface area contributed by atoms with Gasteiger partial charge in [-0.15, -0.1) is 0 Å². The van der Waals surface area contributed by atoms with Crippen LogP contribution < -0.4 is 14.5 Å². The summed E-state index contributed by atoms with van der Waals surface area (Å²) in [5.41, 5.74) is 2.34. The highest BCUT2D eigenvalue weighted by molar-refractivity contribution is 5.46. The van der Waals surface area contributed by atoms with Crippen LogP contribution in [0.15, 0.2) is 48.5 Å². The van der Waals surface area contributed by atoms with E-state index in [4.69, 9.17) is 4.74 Å². The molecule has 4 nitrogen and oxygen atoms in total. The number of aliphatic hydroxyl groups excluding tert-OH is 1. The first-order valence-corrected chi connectivity index (χ1v) is 9.76. The van der Waals surface area contributed by atoms with Gasteiger partial charge in [0.2, 0.25) is 0 Å². The average Bonchev–Trinajstić information content (AvgIpc) is 2.68. The molecule has 0 radical (unpaired) electrons. The van der Waals surface area contributed by atoms with Crippen LogP contribution in [0.1, 0.15) is 25.3 Å². The summed E-state index contributed by atoms with van der Waals surface area (Å²) >= 11 is 0. The molecule has 0 amide bonds. The van der Waals surface area contributed by atoms with Gasteiger partial charge in [0.15, 0.2) is 0 Å². The number of hydrogen-bond donors (Lipinski definition) is 2. The highest BCUT2D eigenvalue weighted by Gasteiger charge is 2.22. The molecular formula is C22H30FN2O2+. The molecule has 0 unspecified atom stereocenters. The average molecular weight is 373 g/mol. The summed E-state index contributed by atoms with van der Waals surface area (Å²) in [5, 5.41) is 10.3. The van der Waals surface area contributed by atoms with Gasteiger partial charge < -0.3 is 19.6 Å². The maximum Gasteiger partial charge on any atom is 0.137 e. The first-order chi connectivity index (χ1) is 13.0. The van der Waals surface area contributed by atoms with Crippen LogP contribution in [-0.4, -0.2) is 50.5 Å². The number of nitrogens with zero attached hydrogens (tertiary/aromatic N) is 1. The SMILES string of the molecule is CC(C)c1ccc(OC[C@H](O)C[NH+]2CCN(c3ccc(F)cc3)CC2)cc1. The summed E-state index contributed by atoms with van der Waals surface area (Å²) in [6, 6.07) is 14.7. The van der Waals surface area contributed by atoms with Crippen LogP contribution in [0.5, 0.6) is 5.75 Å². The molecule has 2 aromatic rings. The van der Waals surface area contributed by atoms with Crippen LogP contribution in [-0.2, 0) is 0 Å². The minimum atomic E-state index is -0.484. The van der Waals surface area contributed by atoms with Crippen molar-refractivity contribution >= 4 is 5.69 Å². The Labute approximate surface area is 161 Å². The zero-order chi connectivity index (χ0) is 19.2.